The molecule has 2 fully saturated rings. The molecule has 2 aliphatic rings. The minimum atomic E-state index is -4.69. The molecule has 0 aliphatic carbocycles. The number of hydrogen-bond acceptors (Lipinski definition) is 7. The average molecular weight is 642 g/mol. The topological polar surface area (TPSA) is 217 Å². The van der Waals surface area contributed by atoms with Crippen molar-refractivity contribution in [2.75, 3.05) is 0 Å². The van der Waals surface area contributed by atoms with Crippen LogP contribution in [0.1, 0.15) is 49.7 Å². The van der Waals surface area contributed by atoms with Gasteiger partial charge in [-0.3, -0.25) is 33.8 Å². The maximum absolute atomic E-state index is 13.5. The molecule has 0 spiro atoms. The summed E-state index contributed by atoms with van der Waals surface area (Å²) in [4.78, 5) is 83.2. The number of phosphoric ester groups is 1. The second-order valence-corrected chi connectivity index (χ2v) is 12.0. The van der Waals surface area contributed by atoms with E-state index in [1.807, 2.05) is 30.3 Å². The molecule has 2 heterocycles. The van der Waals surface area contributed by atoms with Crippen LogP contribution in [0.5, 0.6) is 5.75 Å². The summed E-state index contributed by atoms with van der Waals surface area (Å²) in [5, 5.41) is 8.17. The highest BCUT2D eigenvalue weighted by molar-refractivity contribution is 7.46. The maximum atomic E-state index is 13.5. The summed E-state index contributed by atoms with van der Waals surface area (Å²) in [6, 6.07) is 12.0. The highest BCUT2D eigenvalue weighted by Crippen LogP contribution is 2.37. The lowest BCUT2D eigenvalue weighted by atomic mass is 9.98. The molecule has 2 aromatic carbocycles. The molecule has 0 aromatic heterocycles. The highest BCUT2D eigenvalue weighted by Gasteiger charge is 2.46. The molecular formula is C30H36N5O9P. The Hall–Kier alpha value is -4.52. The Balaban J connectivity index is 1.35. The summed E-state index contributed by atoms with van der Waals surface area (Å²) in [6.45, 7) is 0.227. The third-order valence-corrected chi connectivity index (χ3v) is 8.06. The van der Waals surface area contributed by atoms with Crippen LogP contribution in [0.2, 0.25) is 0 Å². The van der Waals surface area contributed by atoms with Crippen molar-refractivity contribution in [1.29, 1.82) is 0 Å². The number of carbonyl (C=O) groups is 5. The summed E-state index contributed by atoms with van der Waals surface area (Å²) in [5.41, 5.74) is 6.70. The summed E-state index contributed by atoms with van der Waals surface area (Å²) < 4.78 is 15.4. The molecule has 4 rings (SSSR count). The van der Waals surface area contributed by atoms with Gasteiger partial charge in [-0.15, -0.1) is 0 Å². The van der Waals surface area contributed by atoms with Gasteiger partial charge in [0.1, 0.15) is 23.9 Å². The Morgan fingerprint density at radius 2 is 1.71 bits per heavy atom. The zero-order valence-electron chi connectivity index (χ0n) is 24.3. The first-order valence-corrected chi connectivity index (χ1v) is 16.0. The Morgan fingerprint density at radius 3 is 2.38 bits per heavy atom. The second-order valence-electron chi connectivity index (χ2n) is 10.9. The van der Waals surface area contributed by atoms with Crippen LogP contribution in [0.25, 0.3) is 6.08 Å². The lowest BCUT2D eigenvalue weighted by molar-refractivity contribution is -0.146. The number of phosphoric acid groups is 1. The summed E-state index contributed by atoms with van der Waals surface area (Å²) in [7, 11) is -4.69. The van der Waals surface area contributed by atoms with Crippen LogP contribution in [-0.4, -0.2) is 68.4 Å². The van der Waals surface area contributed by atoms with Crippen LogP contribution in [0.15, 0.2) is 60.7 Å². The minimum Gasteiger partial charge on any atom is -0.404 e. The number of amides is 5. The molecule has 2 saturated heterocycles. The first-order chi connectivity index (χ1) is 21.4. The van der Waals surface area contributed by atoms with Gasteiger partial charge in [0, 0.05) is 25.1 Å². The SMILES string of the molecule is NC(=O)CC[C@H](NC(=O)[C@H]1CC[C@H]2CC[C@H](NC(=O)/C=C/c3ccc(OP(=O)(O)O)cc3)C(=O)N21)C(=O)NCc1ccccc1. The fraction of sp³-hybridized carbons (Fsp3) is 0.367. The first-order valence-electron chi connectivity index (χ1n) is 14.5. The number of nitrogens with zero attached hydrogens (tertiary/aromatic N) is 1. The fourth-order valence-corrected chi connectivity index (χ4v) is 5.85. The van der Waals surface area contributed by atoms with Gasteiger partial charge >= 0.3 is 7.82 Å². The fourth-order valence-electron chi connectivity index (χ4n) is 5.45. The van der Waals surface area contributed by atoms with Gasteiger partial charge in [-0.05, 0) is 61.4 Å². The zero-order valence-corrected chi connectivity index (χ0v) is 25.2. The molecule has 15 heteroatoms. The molecule has 4 atom stereocenters. The molecular weight excluding hydrogens is 605 g/mol. The van der Waals surface area contributed by atoms with Crippen LogP contribution >= 0.6 is 7.82 Å². The third kappa shape index (κ3) is 9.73. The number of carbonyl (C=O) groups excluding carboxylic acids is 5. The Labute approximate surface area is 259 Å². The van der Waals surface area contributed by atoms with Gasteiger partial charge < -0.3 is 31.1 Å². The smallest absolute Gasteiger partial charge is 0.404 e. The van der Waals surface area contributed by atoms with E-state index in [4.69, 9.17) is 15.5 Å². The van der Waals surface area contributed by atoms with Gasteiger partial charge in [-0.1, -0.05) is 42.5 Å². The average Bonchev–Trinajstić information content (AvgIpc) is 3.44. The predicted octanol–water partition coefficient (Wildman–Crippen LogP) is 0.876. The molecule has 0 unspecified atom stereocenters. The maximum Gasteiger partial charge on any atom is 0.524 e. The lowest BCUT2D eigenvalue weighted by Crippen LogP contribution is -2.60. The van der Waals surface area contributed by atoms with Crippen molar-refractivity contribution < 1.29 is 42.8 Å². The van der Waals surface area contributed by atoms with Crippen LogP contribution in [0.3, 0.4) is 0 Å². The molecule has 0 bridgehead atoms. The van der Waals surface area contributed by atoms with Gasteiger partial charge in [0.2, 0.25) is 29.5 Å². The van der Waals surface area contributed by atoms with Crippen LogP contribution in [0.4, 0.5) is 0 Å². The minimum absolute atomic E-state index is 0.00374. The van der Waals surface area contributed by atoms with E-state index in [9.17, 15) is 28.5 Å². The quantitative estimate of drug-likeness (QED) is 0.135. The van der Waals surface area contributed by atoms with Gasteiger partial charge in [0.25, 0.3) is 0 Å². The molecule has 0 saturated carbocycles. The molecule has 7 N–H and O–H groups in total. The van der Waals surface area contributed by atoms with Crippen LogP contribution in [0, 0.1) is 0 Å². The van der Waals surface area contributed by atoms with Gasteiger partial charge in [0.15, 0.2) is 0 Å². The van der Waals surface area contributed by atoms with E-state index >= 15 is 0 Å². The molecule has 240 valence electrons. The standard InChI is InChI=1S/C30H36N5O9P/c31-26(36)16-14-23(28(38)32-18-20-4-2-1-3-5-20)34-29(39)25-15-10-21-9-13-24(30(40)35(21)25)33-27(37)17-8-19-6-11-22(12-7-19)44-45(41,42)43/h1-8,11-12,17,21,23-25H,9-10,13-16,18H2,(H2,31,36)(H,32,38)(H,33,37)(H,34,39)(H2,41,42,43)/b17-8+/t21-,23+,24+,25-/m1/s1. The number of fused-ring (bicyclic) bond motifs is 1. The molecule has 14 nitrogen and oxygen atoms in total. The number of piperidine rings is 1. The molecule has 2 aromatic rings. The molecule has 2 aliphatic heterocycles. The largest absolute Gasteiger partial charge is 0.524 e. The van der Waals surface area contributed by atoms with E-state index in [1.165, 1.54) is 41.3 Å². The van der Waals surface area contributed by atoms with Gasteiger partial charge in [-0.25, -0.2) is 4.57 Å². The van der Waals surface area contributed by atoms with Crippen molar-refractivity contribution in [2.45, 2.75) is 69.2 Å². The van der Waals surface area contributed by atoms with Crippen molar-refractivity contribution in [1.82, 2.24) is 20.9 Å². The molecule has 45 heavy (non-hydrogen) atoms. The number of primary amides is 1. The molecule has 0 radical (unpaired) electrons. The van der Waals surface area contributed by atoms with Crippen LogP contribution in [-0.2, 0) is 35.1 Å². The Bertz CT molecular complexity index is 1480. The van der Waals surface area contributed by atoms with Crippen molar-refractivity contribution in [2.24, 2.45) is 5.73 Å². The first kappa shape index (κ1) is 33.4. The molecule has 5 amide bonds. The highest BCUT2D eigenvalue weighted by atomic mass is 31.2. The zero-order chi connectivity index (χ0) is 32.6. The number of rotatable bonds is 13. The van der Waals surface area contributed by atoms with Crippen molar-refractivity contribution in [3.05, 3.63) is 71.8 Å². The van der Waals surface area contributed by atoms with Crippen LogP contribution < -0.4 is 26.2 Å². The lowest BCUT2D eigenvalue weighted by Gasteiger charge is -2.38. The Morgan fingerprint density at radius 1 is 1.02 bits per heavy atom. The third-order valence-electron chi connectivity index (χ3n) is 7.62. The van der Waals surface area contributed by atoms with Crippen molar-refractivity contribution >= 4 is 43.4 Å². The number of nitrogens with one attached hydrogen (secondary N) is 3. The van der Waals surface area contributed by atoms with Gasteiger partial charge in [-0.2, -0.15) is 0 Å². The van der Waals surface area contributed by atoms with E-state index in [0.29, 0.717) is 31.2 Å². The van der Waals surface area contributed by atoms with Crippen molar-refractivity contribution in [3.8, 4) is 5.75 Å². The van der Waals surface area contributed by atoms with Gasteiger partial charge in [0.05, 0.1) is 0 Å². The summed E-state index contributed by atoms with van der Waals surface area (Å²) in [6.07, 6.45) is 4.52. The van der Waals surface area contributed by atoms with E-state index in [0.717, 1.165) is 5.56 Å². The summed E-state index contributed by atoms with van der Waals surface area (Å²) >= 11 is 0. The summed E-state index contributed by atoms with van der Waals surface area (Å²) in [5.74, 6) is -2.59. The normalized spacial score (nSPS) is 20.3. The Kier molecular flexibility index (Phi) is 11.1. The number of nitrogens with two attached hydrogens (primary N) is 1. The predicted molar refractivity (Wildman–Crippen MR) is 162 cm³/mol. The van der Waals surface area contributed by atoms with E-state index < -0.39 is 55.5 Å². The van der Waals surface area contributed by atoms with E-state index in [-0.39, 0.29) is 31.2 Å². The van der Waals surface area contributed by atoms with E-state index in [1.54, 1.807) is 0 Å². The van der Waals surface area contributed by atoms with Crippen molar-refractivity contribution in [3.63, 3.8) is 0 Å². The monoisotopic (exact) mass is 641 g/mol. The van der Waals surface area contributed by atoms with E-state index in [2.05, 4.69) is 20.5 Å². The number of hydrogen-bond donors (Lipinski definition) is 6. The number of benzene rings is 2. The second kappa shape index (κ2) is 15.0.